The predicted octanol–water partition coefficient (Wildman–Crippen LogP) is 9.34. The lowest BCUT2D eigenvalue weighted by Crippen LogP contribution is -2.50. The average molecular weight is 1240 g/mol. The van der Waals surface area contributed by atoms with Crippen LogP contribution in [0.3, 0.4) is 0 Å². The SMILES string of the molecule is COC(=O)[N+](CCCCCCNC(=O)NC(C)COC(C)COCC(C)NC(=O)NCCCCCCNC(=O)OC(c1ccc(C(=O)C(C)(C)O)cc1)c1ccc(C(=O)C(C)(C)O)cc1)(c1ccc(C(=O)C(C)(C)O)cc1)c1ccc(C(=O)C(C)(C)O)cc1. The first-order valence-corrected chi connectivity index (χ1v) is 30.4. The van der Waals surface area contributed by atoms with E-state index in [4.69, 9.17) is 18.9 Å². The molecule has 0 aliphatic rings. The number of nitrogens with zero attached hydrogens (tertiary/aromatic N) is 1. The van der Waals surface area contributed by atoms with Crippen molar-refractivity contribution < 1.29 is 77.7 Å². The minimum Gasteiger partial charge on any atom is -0.436 e. The number of aliphatic hydroxyl groups is 4. The van der Waals surface area contributed by atoms with E-state index < -0.39 is 68.3 Å². The van der Waals surface area contributed by atoms with Gasteiger partial charge in [-0.2, -0.15) is 9.28 Å². The average Bonchev–Trinajstić information content (AvgIpc) is 0.811. The van der Waals surface area contributed by atoms with Crippen LogP contribution < -0.4 is 31.1 Å². The van der Waals surface area contributed by atoms with Crippen molar-refractivity contribution in [2.45, 2.75) is 174 Å². The van der Waals surface area contributed by atoms with Gasteiger partial charge in [-0.1, -0.05) is 67.8 Å². The third-order valence-corrected chi connectivity index (χ3v) is 14.5. The Bertz CT molecular complexity index is 2820. The van der Waals surface area contributed by atoms with E-state index in [2.05, 4.69) is 26.6 Å². The molecule has 0 aliphatic carbocycles. The van der Waals surface area contributed by atoms with Crippen molar-refractivity contribution >= 4 is 58.8 Å². The van der Waals surface area contributed by atoms with Crippen molar-refractivity contribution in [2.24, 2.45) is 0 Å². The minimum absolute atomic E-state index is 0.232. The van der Waals surface area contributed by atoms with Gasteiger partial charge in [-0.25, -0.2) is 14.4 Å². The van der Waals surface area contributed by atoms with E-state index in [1.165, 1.54) is 62.5 Å². The Kier molecular flexibility index (Phi) is 28.2. The third-order valence-electron chi connectivity index (χ3n) is 14.5. The monoisotopic (exact) mass is 1240 g/mol. The Morgan fingerprint density at radius 1 is 0.449 bits per heavy atom. The first-order valence-electron chi connectivity index (χ1n) is 30.4. The van der Waals surface area contributed by atoms with Crippen molar-refractivity contribution in [3.63, 3.8) is 0 Å². The number of urea groups is 2. The molecule has 0 heterocycles. The van der Waals surface area contributed by atoms with E-state index in [-0.39, 0.29) is 78.9 Å². The highest BCUT2D eigenvalue weighted by Crippen LogP contribution is 2.38. The largest absolute Gasteiger partial charge is 0.526 e. The lowest BCUT2D eigenvalue weighted by atomic mass is 9.92. The van der Waals surface area contributed by atoms with Gasteiger partial charge in [0, 0.05) is 66.2 Å². The van der Waals surface area contributed by atoms with Crippen molar-refractivity contribution in [1.82, 2.24) is 31.1 Å². The zero-order chi connectivity index (χ0) is 66.3. The van der Waals surface area contributed by atoms with E-state index in [0.717, 1.165) is 19.3 Å². The lowest BCUT2D eigenvalue weighted by Gasteiger charge is -2.33. The first kappa shape index (κ1) is 74.0. The molecule has 0 saturated heterocycles. The maximum atomic E-state index is 13.9. The van der Waals surface area contributed by atoms with Crippen LogP contribution in [0.2, 0.25) is 0 Å². The summed E-state index contributed by atoms with van der Waals surface area (Å²) < 4.78 is 22.5. The quantitative estimate of drug-likeness (QED) is 0.0116. The van der Waals surface area contributed by atoms with Crippen LogP contribution in [-0.4, -0.2) is 162 Å². The topological polar surface area (TPSA) is 315 Å². The summed E-state index contributed by atoms with van der Waals surface area (Å²) in [6.45, 7) is 18.9. The third kappa shape index (κ3) is 23.5. The summed E-state index contributed by atoms with van der Waals surface area (Å²) in [7, 11) is 1.29. The first-order chi connectivity index (χ1) is 41.7. The number of ether oxygens (including phenoxy) is 4. The van der Waals surface area contributed by atoms with Crippen LogP contribution in [0.15, 0.2) is 97.1 Å². The number of hydrogen-bond donors (Lipinski definition) is 9. The molecule has 0 fully saturated rings. The number of hydrogen-bond acceptors (Lipinski definition) is 16. The molecular formula is C67H95N6O16+. The van der Waals surface area contributed by atoms with Gasteiger partial charge in [0.05, 0.1) is 51.7 Å². The van der Waals surface area contributed by atoms with Gasteiger partial charge in [0.25, 0.3) is 0 Å². The number of alkyl carbamates (subject to hydrolysis) is 1. The molecule has 0 aromatic heterocycles. The molecule has 0 spiro atoms. The molecule has 22 heteroatoms. The number of ketones is 4. The van der Waals surface area contributed by atoms with Crippen molar-refractivity contribution in [2.75, 3.05) is 53.1 Å². The minimum atomic E-state index is -1.61. The number of methoxy groups -OCH3 is 1. The molecule has 4 rings (SSSR count). The summed E-state index contributed by atoms with van der Waals surface area (Å²) in [6, 6.07) is 24.3. The molecule has 4 aromatic rings. The van der Waals surface area contributed by atoms with Crippen LogP contribution in [0.1, 0.15) is 186 Å². The van der Waals surface area contributed by atoms with Gasteiger partial charge >= 0.3 is 24.2 Å². The Hall–Kier alpha value is -7.44. The number of rotatable bonds is 36. The van der Waals surface area contributed by atoms with Gasteiger partial charge in [0.2, 0.25) is 0 Å². The Morgan fingerprint density at radius 2 is 0.787 bits per heavy atom. The Labute approximate surface area is 523 Å². The van der Waals surface area contributed by atoms with Gasteiger partial charge in [-0.3, -0.25) is 19.2 Å². The van der Waals surface area contributed by atoms with Crippen molar-refractivity contribution in [3.05, 3.63) is 130 Å². The number of carbonyl (C=O) groups is 8. The highest BCUT2D eigenvalue weighted by molar-refractivity contribution is 6.04. The van der Waals surface area contributed by atoms with Crippen LogP contribution in [-0.2, 0) is 18.9 Å². The van der Waals surface area contributed by atoms with E-state index in [9.17, 15) is 58.8 Å². The Morgan fingerprint density at radius 3 is 1.15 bits per heavy atom. The summed E-state index contributed by atoms with van der Waals surface area (Å²) in [5.41, 5.74) is -3.18. The molecule has 3 unspecified atom stereocenters. The molecule has 9 N–H and O–H groups in total. The fourth-order valence-corrected chi connectivity index (χ4v) is 9.53. The molecule has 6 amide bonds. The molecular weight excluding hydrogens is 1140 g/mol. The number of amides is 6. The number of Topliss-reactive ketones (excluding diaryl/α,β-unsaturated/α-hetero) is 4. The van der Waals surface area contributed by atoms with Crippen molar-refractivity contribution in [1.29, 1.82) is 0 Å². The van der Waals surface area contributed by atoms with E-state index in [1.807, 2.05) is 20.8 Å². The fourth-order valence-electron chi connectivity index (χ4n) is 9.53. The van der Waals surface area contributed by atoms with Gasteiger partial charge in [-0.05, 0) is 144 Å². The number of benzene rings is 4. The summed E-state index contributed by atoms with van der Waals surface area (Å²) in [4.78, 5) is 103. The van der Waals surface area contributed by atoms with Crippen LogP contribution in [0.4, 0.5) is 30.6 Å². The molecule has 0 aliphatic heterocycles. The predicted molar refractivity (Wildman–Crippen MR) is 338 cm³/mol. The second-order valence-electron chi connectivity index (χ2n) is 24.7. The zero-order valence-electron chi connectivity index (χ0n) is 53.8. The second-order valence-corrected chi connectivity index (χ2v) is 24.7. The van der Waals surface area contributed by atoms with E-state index >= 15 is 0 Å². The molecule has 89 heavy (non-hydrogen) atoms. The summed E-state index contributed by atoms with van der Waals surface area (Å²) in [5, 5.41) is 55.3. The molecule has 3 atom stereocenters. The highest BCUT2D eigenvalue weighted by atomic mass is 16.6. The number of quaternary nitrogens is 1. The molecule has 4 aromatic carbocycles. The van der Waals surface area contributed by atoms with E-state index in [0.29, 0.717) is 74.2 Å². The van der Waals surface area contributed by atoms with Crippen molar-refractivity contribution in [3.8, 4) is 0 Å². The standard InChI is InChI=1S/C67H94N6O16/c1-44(71-60(78)68-37-17-13-14-19-39-70-62(80)89-55(47-21-25-49(26-22-47)56(74)64(4,5)82)48-23-27-50(28-24-48)57(75)65(6,7)83)41-87-43-46(3)88-42-45(2)72-61(79)69-38-18-15-16-20-40-73(63(81)86-12,53-33-29-51(30-34-53)58(76)66(8,9)84)54-35-31-52(32-36-54)59(77)67(10,11)85/h21-36,44-46,55,82-85H,13-20,37-43H2,1-12H3,(H4-,68,69,70,71,72,78,79,80)/p+1. The van der Waals surface area contributed by atoms with Gasteiger partial charge in [0.15, 0.2) is 29.2 Å². The highest BCUT2D eigenvalue weighted by Gasteiger charge is 2.44. The van der Waals surface area contributed by atoms with Crippen LogP contribution in [0, 0.1) is 0 Å². The molecule has 488 valence electrons. The number of unbranched alkanes of at least 4 members (excludes halogenated alkanes) is 6. The molecule has 0 saturated carbocycles. The summed E-state index contributed by atoms with van der Waals surface area (Å²) in [6.07, 6.45) is 3.06. The van der Waals surface area contributed by atoms with Crippen LogP contribution in [0.5, 0.6) is 0 Å². The second kappa shape index (κ2) is 33.9. The number of nitrogens with one attached hydrogen (secondary N) is 5. The lowest BCUT2D eigenvalue weighted by molar-refractivity contribution is -0.0152. The zero-order valence-corrected chi connectivity index (χ0v) is 53.8. The Balaban J connectivity index is 1.10. The number of carbonyl (C=O) groups excluding carboxylic acids is 8. The van der Waals surface area contributed by atoms with E-state index in [1.54, 1.807) is 97.1 Å². The molecule has 0 radical (unpaired) electrons. The van der Waals surface area contributed by atoms with Crippen LogP contribution >= 0.6 is 0 Å². The molecule has 0 bridgehead atoms. The fraction of sp³-hybridized carbons (Fsp3) is 0.522. The van der Waals surface area contributed by atoms with Gasteiger partial charge < -0.3 is 66.0 Å². The summed E-state index contributed by atoms with van der Waals surface area (Å²) >= 11 is 0. The smallest absolute Gasteiger partial charge is 0.436 e. The van der Waals surface area contributed by atoms with Gasteiger partial charge in [-0.15, -0.1) is 0 Å². The summed E-state index contributed by atoms with van der Waals surface area (Å²) in [5.74, 6) is -1.90. The van der Waals surface area contributed by atoms with Crippen LogP contribution in [0.25, 0.3) is 0 Å². The maximum absolute atomic E-state index is 13.9. The maximum Gasteiger partial charge on any atom is 0.526 e. The normalized spacial score (nSPS) is 13.1. The molecule has 22 nitrogen and oxygen atoms in total. The van der Waals surface area contributed by atoms with Gasteiger partial charge in [0.1, 0.15) is 33.8 Å².